The van der Waals surface area contributed by atoms with Gasteiger partial charge in [-0.25, -0.2) is 0 Å². The Kier molecular flexibility index (Phi) is 5.40. The molecule has 1 unspecified atom stereocenters. The van der Waals surface area contributed by atoms with Crippen LogP contribution in [0.1, 0.15) is 31.9 Å². The van der Waals surface area contributed by atoms with Gasteiger partial charge in [0.25, 0.3) is 0 Å². The van der Waals surface area contributed by atoms with E-state index in [9.17, 15) is 4.79 Å². The summed E-state index contributed by atoms with van der Waals surface area (Å²) >= 11 is 6.00. The van der Waals surface area contributed by atoms with Gasteiger partial charge in [-0.3, -0.25) is 4.79 Å². The van der Waals surface area contributed by atoms with Crippen LogP contribution >= 0.6 is 11.6 Å². The number of fused-ring (bicyclic) bond motifs is 1. The maximum atomic E-state index is 12.0. The first kappa shape index (κ1) is 15.3. The summed E-state index contributed by atoms with van der Waals surface area (Å²) in [6.07, 6.45) is 1.03. The first-order valence-corrected chi connectivity index (χ1v) is 7.59. The molecule has 2 N–H and O–H groups in total. The van der Waals surface area contributed by atoms with Crippen molar-refractivity contribution in [1.82, 2.24) is 10.2 Å². The molecule has 1 atom stereocenters. The highest BCUT2D eigenvalue weighted by Crippen LogP contribution is 2.32. The molecule has 0 spiro atoms. The maximum Gasteiger partial charge on any atom is 0.246 e. The van der Waals surface area contributed by atoms with Crippen LogP contribution in [0.15, 0.2) is 18.2 Å². The minimum Gasteiger partial charge on any atom is -0.324 e. The van der Waals surface area contributed by atoms with Crippen molar-refractivity contribution >= 4 is 23.2 Å². The van der Waals surface area contributed by atoms with Crippen molar-refractivity contribution in [3.8, 4) is 0 Å². The molecule has 0 aliphatic carbocycles. The molecule has 0 bridgehead atoms. The number of benzene rings is 1. The van der Waals surface area contributed by atoms with Crippen molar-refractivity contribution in [3.63, 3.8) is 0 Å². The average Bonchev–Trinajstić information content (AvgIpc) is 2.75. The Hall–Kier alpha value is -1.10. The topological polar surface area (TPSA) is 44.4 Å². The molecular formula is C15H22ClN3O. The SMILES string of the molecule is CCN(CC)CCCNC1C(=O)Nc2ccc(Cl)cc21. The standard InChI is InChI=1S/C15H22ClN3O/c1-3-19(4-2)9-5-8-17-14-12-10-11(16)6-7-13(12)18-15(14)20/h6-7,10,14,17H,3-5,8-9H2,1-2H3,(H,18,20). The van der Waals surface area contributed by atoms with Crippen LogP contribution in [0.25, 0.3) is 0 Å². The van der Waals surface area contributed by atoms with Crippen molar-refractivity contribution in [3.05, 3.63) is 28.8 Å². The zero-order chi connectivity index (χ0) is 14.5. The second-order valence-electron chi connectivity index (χ2n) is 4.99. The Morgan fingerprint density at radius 1 is 1.35 bits per heavy atom. The fraction of sp³-hybridized carbons (Fsp3) is 0.533. The lowest BCUT2D eigenvalue weighted by Crippen LogP contribution is -2.31. The van der Waals surface area contributed by atoms with E-state index in [-0.39, 0.29) is 11.9 Å². The molecule has 1 amide bonds. The van der Waals surface area contributed by atoms with Crippen molar-refractivity contribution < 1.29 is 4.79 Å². The quantitative estimate of drug-likeness (QED) is 0.760. The van der Waals surface area contributed by atoms with Crippen LogP contribution in [0.3, 0.4) is 0 Å². The molecule has 110 valence electrons. The third-order valence-corrected chi connectivity index (χ3v) is 3.97. The molecule has 1 aromatic rings. The van der Waals surface area contributed by atoms with Gasteiger partial charge in [0.2, 0.25) is 5.91 Å². The molecule has 5 heteroatoms. The van der Waals surface area contributed by atoms with Gasteiger partial charge in [0.15, 0.2) is 0 Å². The van der Waals surface area contributed by atoms with Gasteiger partial charge >= 0.3 is 0 Å². The van der Waals surface area contributed by atoms with E-state index in [1.807, 2.05) is 12.1 Å². The van der Waals surface area contributed by atoms with Gasteiger partial charge < -0.3 is 15.5 Å². The summed E-state index contributed by atoms with van der Waals surface area (Å²) < 4.78 is 0. The normalized spacial score (nSPS) is 17.4. The lowest BCUT2D eigenvalue weighted by Gasteiger charge is -2.18. The van der Waals surface area contributed by atoms with Gasteiger partial charge in [-0.15, -0.1) is 0 Å². The monoisotopic (exact) mass is 295 g/mol. The van der Waals surface area contributed by atoms with Crippen LogP contribution < -0.4 is 10.6 Å². The molecule has 20 heavy (non-hydrogen) atoms. The van der Waals surface area contributed by atoms with Crippen LogP contribution in [0.2, 0.25) is 5.02 Å². The number of hydrogen-bond donors (Lipinski definition) is 2. The first-order valence-electron chi connectivity index (χ1n) is 7.21. The molecular weight excluding hydrogens is 274 g/mol. The van der Waals surface area contributed by atoms with E-state index in [2.05, 4.69) is 29.4 Å². The number of amides is 1. The molecule has 0 aromatic heterocycles. The van der Waals surface area contributed by atoms with Crippen LogP contribution in [0, 0.1) is 0 Å². The highest BCUT2D eigenvalue weighted by Gasteiger charge is 2.29. The summed E-state index contributed by atoms with van der Waals surface area (Å²) in [4.78, 5) is 14.3. The summed E-state index contributed by atoms with van der Waals surface area (Å²) in [5.41, 5.74) is 1.81. The Morgan fingerprint density at radius 2 is 2.10 bits per heavy atom. The smallest absolute Gasteiger partial charge is 0.246 e. The van der Waals surface area contributed by atoms with E-state index in [0.717, 1.165) is 43.9 Å². The minimum absolute atomic E-state index is 0.00473. The Balaban J connectivity index is 1.88. The van der Waals surface area contributed by atoms with E-state index in [1.165, 1.54) is 0 Å². The summed E-state index contributed by atoms with van der Waals surface area (Å²) in [5.74, 6) is 0.00473. The van der Waals surface area contributed by atoms with Crippen LogP contribution in [-0.2, 0) is 4.79 Å². The van der Waals surface area contributed by atoms with Crippen molar-refractivity contribution in [2.24, 2.45) is 0 Å². The molecule has 1 aromatic carbocycles. The number of nitrogens with zero attached hydrogens (tertiary/aromatic N) is 1. The van der Waals surface area contributed by atoms with Gasteiger partial charge in [0.05, 0.1) is 0 Å². The van der Waals surface area contributed by atoms with Gasteiger partial charge in [-0.1, -0.05) is 25.4 Å². The van der Waals surface area contributed by atoms with Gasteiger partial charge in [0, 0.05) is 16.3 Å². The molecule has 4 nitrogen and oxygen atoms in total. The van der Waals surface area contributed by atoms with E-state index in [4.69, 9.17) is 11.6 Å². The molecule has 1 heterocycles. The Bertz CT molecular complexity index is 474. The van der Waals surface area contributed by atoms with Crippen molar-refractivity contribution in [2.75, 3.05) is 31.5 Å². The predicted octanol–water partition coefficient (Wildman–Crippen LogP) is 2.65. The lowest BCUT2D eigenvalue weighted by molar-refractivity contribution is -0.117. The third-order valence-electron chi connectivity index (χ3n) is 3.74. The highest BCUT2D eigenvalue weighted by atomic mass is 35.5. The number of hydrogen-bond acceptors (Lipinski definition) is 3. The molecule has 0 saturated heterocycles. The fourth-order valence-corrected chi connectivity index (χ4v) is 2.70. The number of carbonyl (C=O) groups excluding carboxylic acids is 1. The van der Waals surface area contributed by atoms with Crippen molar-refractivity contribution in [2.45, 2.75) is 26.3 Å². The summed E-state index contributed by atoms with van der Waals surface area (Å²) in [5, 5.41) is 6.86. The van der Waals surface area contributed by atoms with E-state index >= 15 is 0 Å². The predicted molar refractivity (Wildman–Crippen MR) is 83.2 cm³/mol. The number of nitrogens with one attached hydrogen (secondary N) is 2. The van der Waals surface area contributed by atoms with Gasteiger partial charge in [0.1, 0.15) is 6.04 Å². The Labute approximate surface area is 125 Å². The summed E-state index contributed by atoms with van der Waals surface area (Å²) in [7, 11) is 0. The molecule has 0 fully saturated rings. The number of halogens is 1. The zero-order valence-electron chi connectivity index (χ0n) is 12.1. The number of carbonyl (C=O) groups is 1. The van der Waals surface area contributed by atoms with E-state index in [0.29, 0.717) is 5.02 Å². The average molecular weight is 296 g/mol. The molecule has 0 saturated carbocycles. The minimum atomic E-state index is -0.277. The third kappa shape index (κ3) is 3.51. The molecule has 2 rings (SSSR count). The zero-order valence-corrected chi connectivity index (χ0v) is 12.8. The van der Waals surface area contributed by atoms with Crippen molar-refractivity contribution in [1.29, 1.82) is 0 Å². The molecule has 0 radical (unpaired) electrons. The summed E-state index contributed by atoms with van der Waals surface area (Å²) in [6, 6.07) is 5.23. The fourth-order valence-electron chi connectivity index (χ4n) is 2.52. The molecule has 1 aliphatic heterocycles. The number of anilines is 1. The lowest BCUT2D eigenvalue weighted by atomic mass is 10.1. The van der Waals surface area contributed by atoms with Crippen LogP contribution in [0.4, 0.5) is 5.69 Å². The Morgan fingerprint density at radius 3 is 2.80 bits per heavy atom. The molecule has 1 aliphatic rings. The van der Waals surface area contributed by atoms with Crippen LogP contribution in [0.5, 0.6) is 0 Å². The maximum absolute atomic E-state index is 12.0. The largest absolute Gasteiger partial charge is 0.324 e. The van der Waals surface area contributed by atoms with E-state index < -0.39 is 0 Å². The first-order chi connectivity index (χ1) is 9.65. The van der Waals surface area contributed by atoms with Crippen LogP contribution in [-0.4, -0.2) is 37.0 Å². The van der Waals surface area contributed by atoms with E-state index in [1.54, 1.807) is 6.07 Å². The second-order valence-corrected chi connectivity index (χ2v) is 5.42. The number of rotatable bonds is 7. The summed E-state index contributed by atoms with van der Waals surface area (Å²) in [6.45, 7) is 8.34. The second kappa shape index (κ2) is 7.07. The van der Waals surface area contributed by atoms with Gasteiger partial charge in [-0.05, 0) is 50.8 Å². The highest BCUT2D eigenvalue weighted by molar-refractivity contribution is 6.31. The van der Waals surface area contributed by atoms with Gasteiger partial charge in [-0.2, -0.15) is 0 Å².